The Labute approximate surface area is 93.5 Å². The molecule has 1 heterocycles. The van der Waals surface area contributed by atoms with Gasteiger partial charge in [0.05, 0.1) is 13.7 Å². The number of alkyl halides is 3. The number of aromatic nitrogens is 1. The molecule has 0 spiro atoms. The van der Waals surface area contributed by atoms with Crippen LogP contribution in [0.2, 0.25) is 0 Å². The lowest BCUT2D eigenvalue weighted by atomic mass is 10.4. The van der Waals surface area contributed by atoms with Gasteiger partial charge in [-0.2, -0.15) is 13.2 Å². The molecule has 7 heteroatoms. The quantitative estimate of drug-likeness (QED) is 0.752. The Kier molecular flexibility index (Phi) is 3.65. The van der Waals surface area contributed by atoms with Gasteiger partial charge in [0.2, 0.25) is 5.06 Å². The Bertz CT molecular complexity index is 490. The lowest BCUT2D eigenvalue weighted by molar-refractivity contribution is -0.144. The van der Waals surface area contributed by atoms with Crippen LogP contribution in [-0.4, -0.2) is 11.7 Å². The molecule has 0 saturated carbocycles. The molecule has 1 rings (SSSR count). The number of hydrogen-bond acceptors (Lipinski definition) is 3. The van der Waals surface area contributed by atoms with Crippen molar-refractivity contribution in [3.05, 3.63) is 15.4 Å². The van der Waals surface area contributed by atoms with E-state index in [-0.39, 0.29) is 6.54 Å². The van der Waals surface area contributed by atoms with Crippen LogP contribution in [0.4, 0.5) is 13.2 Å². The second-order valence-electron chi connectivity index (χ2n) is 2.72. The maximum atomic E-state index is 12.7. The number of thiazole rings is 1. The zero-order valence-electron chi connectivity index (χ0n) is 8.51. The third-order valence-corrected chi connectivity index (χ3v) is 2.67. The van der Waals surface area contributed by atoms with E-state index in [0.717, 1.165) is 7.11 Å². The van der Waals surface area contributed by atoms with Gasteiger partial charge in [0.15, 0.2) is 5.69 Å². The second-order valence-corrected chi connectivity index (χ2v) is 3.64. The topological polar surface area (TPSA) is 31.2 Å². The van der Waals surface area contributed by atoms with Crippen molar-refractivity contribution in [1.29, 1.82) is 0 Å². The first-order valence-corrected chi connectivity index (χ1v) is 4.98. The minimum Gasteiger partial charge on any atom is -0.486 e. The third-order valence-electron chi connectivity index (χ3n) is 1.73. The Morgan fingerprint density at radius 2 is 2.12 bits per heavy atom. The average molecular weight is 251 g/mol. The van der Waals surface area contributed by atoms with Crippen molar-refractivity contribution < 1.29 is 17.9 Å². The summed E-state index contributed by atoms with van der Waals surface area (Å²) in [7, 11) is 1.09. The molecule has 0 fully saturated rings. The molecule has 0 saturated heterocycles. The zero-order chi connectivity index (χ0) is 12.3. The maximum absolute atomic E-state index is 12.7. The molecular weight excluding hydrogens is 243 g/mol. The van der Waals surface area contributed by atoms with E-state index >= 15 is 0 Å². The van der Waals surface area contributed by atoms with Crippen LogP contribution >= 0.6 is 11.3 Å². The van der Waals surface area contributed by atoms with Gasteiger partial charge in [-0.15, -0.1) is 5.92 Å². The van der Waals surface area contributed by atoms with Crippen LogP contribution in [0.15, 0.2) is 4.79 Å². The summed E-state index contributed by atoms with van der Waals surface area (Å²) < 4.78 is 43.1. The fraction of sp³-hybridized carbons (Fsp3) is 0.444. The van der Waals surface area contributed by atoms with E-state index in [1.807, 2.05) is 0 Å². The Morgan fingerprint density at radius 1 is 1.50 bits per heavy atom. The molecule has 0 aliphatic heterocycles. The van der Waals surface area contributed by atoms with Gasteiger partial charge in [0, 0.05) is 0 Å². The summed E-state index contributed by atoms with van der Waals surface area (Å²) in [5.74, 6) is 4.86. The summed E-state index contributed by atoms with van der Waals surface area (Å²) in [6.07, 6.45) is -4.63. The molecule has 0 atom stereocenters. The van der Waals surface area contributed by atoms with Gasteiger partial charge in [-0.3, -0.25) is 9.36 Å². The van der Waals surface area contributed by atoms with Gasteiger partial charge in [-0.25, -0.2) is 0 Å². The summed E-state index contributed by atoms with van der Waals surface area (Å²) in [5, 5.41) is -0.435. The van der Waals surface area contributed by atoms with E-state index in [2.05, 4.69) is 16.6 Å². The molecule has 1 aromatic heterocycles. The predicted octanol–water partition coefficient (Wildman–Crippen LogP) is 1.96. The highest BCUT2D eigenvalue weighted by Gasteiger charge is 2.40. The molecule has 0 bridgehead atoms. The molecule has 88 valence electrons. The highest BCUT2D eigenvalue weighted by molar-refractivity contribution is 7.11. The first-order chi connectivity index (χ1) is 7.41. The SMILES string of the molecule is CC#CCn1c(C(F)(F)F)c(OC)sc1=O. The van der Waals surface area contributed by atoms with E-state index in [1.54, 1.807) is 0 Å². The molecule has 1 aromatic rings. The number of rotatable bonds is 2. The van der Waals surface area contributed by atoms with Crippen LogP contribution in [0.1, 0.15) is 12.6 Å². The summed E-state index contributed by atoms with van der Waals surface area (Å²) in [4.78, 5) is 10.6. The number of halogens is 3. The average Bonchev–Trinajstić information content (AvgIpc) is 2.51. The van der Waals surface area contributed by atoms with Crippen LogP contribution in [0.25, 0.3) is 0 Å². The summed E-state index contributed by atoms with van der Waals surface area (Å²) in [5.41, 5.74) is -1.08. The van der Waals surface area contributed by atoms with E-state index in [4.69, 9.17) is 0 Å². The Morgan fingerprint density at radius 3 is 2.56 bits per heavy atom. The molecule has 16 heavy (non-hydrogen) atoms. The van der Waals surface area contributed by atoms with Crippen LogP contribution < -0.4 is 9.61 Å². The van der Waals surface area contributed by atoms with E-state index in [1.165, 1.54) is 6.92 Å². The number of methoxy groups -OCH3 is 1. The van der Waals surface area contributed by atoms with Crippen molar-refractivity contribution in [3.8, 4) is 16.9 Å². The molecular formula is C9H8F3NO2S. The van der Waals surface area contributed by atoms with Gasteiger partial charge in [0.1, 0.15) is 0 Å². The minimum absolute atomic E-state index is 0.288. The van der Waals surface area contributed by atoms with E-state index < -0.39 is 21.8 Å². The van der Waals surface area contributed by atoms with Crippen molar-refractivity contribution in [2.75, 3.05) is 7.11 Å². The maximum Gasteiger partial charge on any atom is 0.436 e. The Balaban J connectivity index is 3.38. The molecule has 0 N–H and O–H groups in total. The van der Waals surface area contributed by atoms with Crippen LogP contribution in [-0.2, 0) is 12.7 Å². The van der Waals surface area contributed by atoms with Crippen LogP contribution in [0, 0.1) is 11.8 Å². The molecule has 0 unspecified atom stereocenters. The zero-order valence-corrected chi connectivity index (χ0v) is 9.33. The summed E-state index contributed by atoms with van der Waals surface area (Å²) >= 11 is 0.416. The van der Waals surface area contributed by atoms with Crippen LogP contribution in [0.3, 0.4) is 0 Å². The molecule has 0 aliphatic rings. The number of nitrogens with zero attached hydrogens (tertiary/aromatic N) is 1. The van der Waals surface area contributed by atoms with Crippen LogP contribution in [0.5, 0.6) is 5.06 Å². The number of hydrogen-bond donors (Lipinski definition) is 0. The summed E-state index contributed by atoms with van der Waals surface area (Å²) in [6.45, 7) is 1.20. The van der Waals surface area contributed by atoms with Gasteiger partial charge >= 0.3 is 11.0 Å². The standard InChI is InChI=1S/C9H8F3NO2S/c1-3-4-5-13-6(9(10,11)12)7(15-2)16-8(13)14/h5H2,1-2H3. The lowest BCUT2D eigenvalue weighted by Crippen LogP contribution is -2.21. The molecule has 0 radical (unpaired) electrons. The van der Waals surface area contributed by atoms with E-state index in [0.29, 0.717) is 15.9 Å². The monoisotopic (exact) mass is 251 g/mol. The largest absolute Gasteiger partial charge is 0.486 e. The predicted molar refractivity (Wildman–Crippen MR) is 53.6 cm³/mol. The van der Waals surface area contributed by atoms with Crippen molar-refractivity contribution in [3.63, 3.8) is 0 Å². The summed E-state index contributed by atoms with van der Waals surface area (Å²) in [6, 6.07) is 0. The first-order valence-electron chi connectivity index (χ1n) is 4.16. The van der Waals surface area contributed by atoms with Gasteiger partial charge < -0.3 is 4.74 Å². The van der Waals surface area contributed by atoms with E-state index in [9.17, 15) is 18.0 Å². The first kappa shape index (κ1) is 12.6. The van der Waals surface area contributed by atoms with Crippen molar-refractivity contribution >= 4 is 11.3 Å². The fourth-order valence-electron chi connectivity index (χ4n) is 1.09. The minimum atomic E-state index is -4.63. The third kappa shape index (κ3) is 2.39. The van der Waals surface area contributed by atoms with Crippen molar-refractivity contribution in [2.45, 2.75) is 19.6 Å². The molecule has 0 aliphatic carbocycles. The lowest BCUT2D eigenvalue weighted by Gasteiger charge is -2.09. The molecule has 0 amide bonds. The second kappa shape index (κ2) is 4.61. The highest BCUT2D eigenvalue weighted by Crippen LogP contribution is 2.37. The fourth-order valence-corrected chi connectivity index (χ4v) is 1.92. The number of ether oxygens (including phenoxy) is 1. The normalized spacial score (nSPS) is 10.8. The van der Waals surface area contributed by atoms with Crippen molar-refractivity contribution in [1.82, 2.24) is 4.57 Å². The Hall–Kier alpha value is -1.42. The molecule has 0 aromatic carbocycles. The van der Waals surface area contributed by atoms with Gasteiger partial charge in [-0.1, -0.05) is 5.92 Å². The van der Waals surface area contributed by atoms with Gasteiger partial charge in [-0.05, 0) is 18.3 Å². The smallest absolute Gasteiger partial charge is 0.436 e. The molecule has 3 nitrogen and oxygen atoms in total. The highest BCUT2D eigenvalue weighted by atomic mass is 32.1. The van der Waals surface area contributed by atoms with Crippen molar-refractivity contribution in [2.24, 2.45) is 0 Å². The van der Waals surface area contributed by atoms with Gasteiger partial charge in [0.25, 0.3) is 0 Å².